The Hall–Kier alpha value is -3.34. The summed E-state index contributed by atoms with van der Waals surface area (Å²) in [4.78, 5) is 31.0. The van der Waals surface area contributed by atoms with Gasteiger partial charge in [-0.1, -0.05) is 69.2 Å². The number of fused-ring (bicyclic) bond motifs is 1. The molecule has 1 atom stereocenters. The molecular weight excluding hydrogens is 388 g/mol. The fourth-order valence-corrected chi connectivity index (χ4v) is 4.34. The third kappa shape index (κ3) is 3.76. The van der Waals surface area contributed by atoms with E-state index in [0.29, 0.717) is 12.1 Å². The van der Waals surface area contributed by atoms with Crippen molar-refractivity contribution < 1.29 is 14.7 Å². The topological polar surface area (TPSA) is 73.4 Å². The second-order valence-electron chi connectivity index (χ2n) is 8.04. The lowest BCUT2D eigenvalue weighted by atomic mass is 9.94. The number of aromatic nitrogens is 1. The number of carbonyl (C=O) groups is 2. The fraction of sp³-hybridized carbons (Fsp3) is 0.308. The summed E-state index contributed by atoms with van der Waals surface area (Å²) in [5.74, 6) is -1.28. The molecule has 1 saturated heterocycles. The molecule has 1 amide bonds. The van der Waals surface area contributed by atoms with E-state index < -0.39 is 17.7 Å². The van der Waals surface area contributed by atoms with Gasteiger partial charge in [0.1, 0.15) is 5.76 Å². The van der Waals surface area contributed by atoms with Gasteiger partial charge in [0.05, 0.1) is 11.6 Å². The number of amides is 1. The van der Waals surface area contributed by atoms with Crippen LogP contribution in [0.3, 0.4) is 0 Å². The van der Waals surface area contributed by atoms with Crippen LogP contribution < -0.4 is 0 Å². The Labute approximate surface area is 182 Å². The number of carbonyl (C=O) groups excluding carboxylic acids is 2. The zero-order chi connectivity index (χ0) is 22.0. The minimum atomic E-state index is -0.621. The number of ketones is 1. The summed E-state index contributed by atoms with van der Waals surface area (Å²) >= 11 is 0. The van der Waals surface area contributed by atoms with Gasteiger partial charge in [0.25, 0.3) is 11.7 Å². The largest absolute Gasteiger partial charge is 0.507 e. The van der Waals surface area contributed by atoms with E-state index in [9.17, 15) is 14.7 Å². The lowest BCUT2D eigenvalue weighted by Crippen LogP contribution is -2.30. The molecule has 1 aliphatic heterocycles. The number of Topliss-reactive ketones (excluding diaryl/α,β-unsaturated/α-hetero) is 1. The van der Waals surface area contributed by atoms with Gasteiger partial charge in [-0.25, -0.2) is 0 Å². The summed E-state index contributed by atoms with van der Waals surface area (Å²) in [6.45, 7) is 4.65. The SMILES string of the molecule is CCCCCN1C(=O)C(=O)/C(=C(/O)c2ccc(CC)cc2)C1c1c[nH]c2ccccc12. The quantitative estimate of drug-likeness (QED) is 0.236. The van der Waals surface area contributed by atoms with E-state index in [2.05, 4.69) is 18.8 Å². The Bertz CT molecular complexity index is 1140. The van der Waals surface area contributed by atoms with Crippen LogP contribution in [0.25, 0.3) is 16.7 Å². The van der Waals surface area contributed by atoms with Crippen molar-refractivity contribution in [3.05, 3.63) is 77.0 Å². The number of para-hydroxylation sites is 1. The number of likely N-dealkylation sites (tertiary alicyclic amines) is 1. The lowest BCUT2D eigenvalue weighted by molar-refractivity contribution is -0.139. The fourth-order valence-electron chi connectivity index (χ4n) is 4.34. The summed E-state index contributed by atoms with van der Waals surface area (Å²) in [6, 6.07) is 14.7. The number of nitrogens with one attached hydrogen (secondary N) is 1. The first-order valence-corrected chi connectivity index (χ1v) is 11.0. The maximum Gasteiger partial charge on any atom is 0.295 e. The van der Waals surface area contributed by atoms with E-state index in [0.717, 1.165) is 47.7 Å². The predicted octanol–water partition coefficient (Wildman–Crippen LogP) is 5.34. The van der Waals surface area contributed by atoms with Crippen molar-refractivity contribution in [2.45, 2.75) is 45.6 Å². The van der Waals surface area contributed by atoms with Crippen molar-refractivity contribution >= 4 is 28.4 Å². The molecule has 2 aromatic carbocycles. The van der Waals surface area contributed by atoms with Gasteiger partial charge in [-0.3, -0.25) is 9.59 Å². The number of aliphatic hydroxyl groups is 1. The lowest BCUT2D eigenvalue weighted by Gasteiger charge is -2.25. The zero-order valence-corrected chi connectivity index (χ0v) is 18.0. The first-order chi connectivity index (χ1) is 15.1. The number of nitrogens with zero attached hydrogens (tertiary/aromatic N) is 1. The second-order valence-corrected chi connectivity index (χ2v) is 8.04. The number of aromatic amines is 1. The van der Waals surface area contributed by atoms with Crippen LogP contribution in [0.5, 0.6) is 0 Å². The van der Waals surface area contributed by atoms with E-state index in [4.69, 9.17) is 0 Å². The smallest absolute Gasteiger partial charge is 0.295 e. The number of aliphatic hydroxyl groups excluding tert-OH is 1. The Kier molecular flexibility index (Phi) is 5.94. The van der Waals surface area contributed by atoms with Crippen molar-refractivity contribution in [3.8, 4) is 0 Å². The van der Waals surface area contributed by atoms with Gasteiger partial charge in [-0.15, -0.1) is 0 Å². The molecule has 5 nitrogen and oxygen atoms in total. The van der Waals surface area contributed by atoms with Crippen molar-refractivity contribution in [1.82, 2.24) is 9.88 Å². The third-order valence-electron chi connectivity index (χ3n) is 6.09. The van der Waals surface area contributed by atoms with Gasteiger partial charge < -0.3 is 15.0 Å². The number of aryl methyl sites for hydroxylation is 1. The van der Waals surface area contributed by atoms with E-state index in [1.165, 1.54) is 0 Å². The van der Waals surface area contributed by atoms with E-state index in [1.54, 1.807) is 4.90 Å². The third-order valence-corrected chi connectivity index (χ3v) is 6.09. The van der Waals surface area contributed by atoms with Crippen LogP contribution in [0.1, 0.15) is 55.8 Å². The van der Waals surface area contributed by atoms with E-state index in [-0.39, 0.29) is 11.3 Å². The molecule has 1 unspecified atom stereocenters. The molecule has 4 rings (SSSR count). The van der Waals surface area contributed by atoms with Gasteiger partial charge in [0, 0.05) is 34.8 Å². The van der Waals surface area contributed by atoms with Crippen LogP contribution in [0.4, 0.5) is 0 Å². The van der Waals surface area contributed by atoms with Crippen LogP contribution in [0, 0.1) is 0 Å². The average Bonchev–Trinajstić information content (AvgIpc) is 3.33. The molecule has 0 bridgehead atoms. The standard InChI is InChI=1S/C26H28N2O3/c1-3-5-8-15-28-23(20-16-27-21-10-7-6-9-19(20)21)22(25(30)26(28)31)24(29)18-13-11-17(4-2)12-14-18/h6-7,9-14,16,23,27,29H,3-5,8,15H2,1-2H3/b24-22+. The molecule has 31 heavy (non-hydrogen) atoms. The Morgan fingerprint density at radius 3 is 2.48 bits per heavy atom. The predicted molar refractivity (Wildman–Crippen MR) is 123 cm³/mol. The van der Waals surface area contributed by atoms with Gasteiger partial charge >= 0.3 is 0 Å². The number of unbranched alkanes of at least 4 members (excludes halogenated alkanes) is 2. The first-order valence-electron chi connectivity index (χ1n) is 11.0. The molecule has 1 aromatic heterocycles. The Morgan fingerprint density at radius 1 is 1.03 bits per heavy atom. The summed E-state index contributed by atoms with van der Waals surface area (Å²) < 4.78 is 0. The summed E-state index contributed by atoms with van der Waals surface area (Å²) in [5.41, 5.74) is 3.62. The molecule has 2 N–H and O–H groups in total. The zero-order valence-electron chi connectivity index (χ0n) is 18.0. The summed E-state index contributed by atoms with van der Waals surface area (Å²) in [5, 5.41) is 12.1. The van der Waals surface area contributed by atoms with E-state index >= 15 is 0 Å². The van der Waals surface area contributed by atoms with Gasteiger partial charge in [0.15, 0.2) is 0 Å². The minimum absolute atomic E-state index is 0.116. The van der Waals surface area contributed by atoms with Crippen molar-refractivity contribution in [2.24, 2.45) is 0 Å². The van der Waals surface area contributed by atoms with Crippen molar-refractivity contribution in [2.75, 3.05) is 6.54 Å². The van der Waals surface area contributed by atoms with Crippen LogP contribution >= 0.6 is 0 Å². The Morgan fingerprint density at radius 2 is 1.77 bits per heavy atom. The van der Waals surface area contributed by atoms with Crippen LogP contribution in [-0.2, 0) is 16.0 Å². The second kappa shape index (κ2) is 8.80. The van der Waals surface area contributed by atoms with Crippen molar-refractivity contribution in [3.63, 3.8) is 0 Å². The number of benzene rings is 2. The molecule has 3 aromatic rings. The number of hydrogen-bond donors (Lipinski definition) is 2. The van der Waals surface area contributed by atoms with Gasteiger partial charge in [0.2, 0.25) is 0 Å². The molecule has 1 aliphatic rings. The summed E-state index contributed by atoms with van der Waals surface area (Å²) in [6.07, 6.45) is 5.54. The molecule has 5 heteroatoms. The normalized spacial score (nSPS) is 18.3. The molecule has 160 valence electrons. The molecule has 0 aliphatic carbocycles. The maximum absolute atomic E-state index is 13.1. The highest BCUT2D eigenvalue weighted by molar-refractivity contribution is 6.46. The van der Waals surface area contributed by atoms with E-state index in [1.807, 2.05) is 54.7 Å². The van der Waals surface area contributed by atoms with Crippen LogP contribution in [-0.4, -0.2) is 33.2 Å². The van der Waals surface area contributed by atoms with Gasteiger partial charge in [-0.05, 0) is 24.5 Å². The number of H-pyrrole nitrogens is 1. The molecule has 0 saturated carbocycles. The van der Waals surface area contributed by atoms with Crippen LogP contribution in [0.2, 0.25) is 0 Å². The minimum Gasteiger partial charge on any atom is -0.507 e. The monoisotopic (exact) mass is 416 g/mol. The van der Waals surface area contributed by atoms with Crippen molar-refractivity contribution in [1.29, 1.82) is 0 Å². The highest BCUT2D eigenvalue weighted by Gasteiger charge is 2.46. The first kappa shape index (κ1) is 20.9. The number of hydrogen-bond acceptors (Lipinski definition) is 3. The Balaban J connectivity index is 1.86. The maximum atomic E-state index is 13.1. The molecule has 0 spiro atoms. The molecular formula is C26H28N2O3. The highest BCUT2D eigenvalue weighted by atomic mass is 16.3. The molecule has 2 heterocycles. The van der Waals surface area contributed by atoms with Crippen LogP contribution in [0.15, 0.2) is 60.3 Å². The highest BCUT2D eigenvalue weighted by Crippen LogP contribution is 2.42. The molecule has 1 fully saturated rings. The summed E-state index contributed by atoms with van der Waals surface area (Å²) in [7, 11) is 0. The molecule has 0 radical (unpaired) electrons. The van der Waals surface area contributed by atoms with Gasteiger partial charge in [-0.2, -0.15) is 0 Å². The average molecular weight is 417 g/mol. The number of rotatable bonds is 7.